The fourth-order valence-corrected chi connectivity index (χ4v) is 5.78. The van der Waals surface area contributed by atoms with Gasteiger partial charge in [0.15, 0.2) is 41.1 Å². The van der Waals surface area contributed by atoms with Gasteiger partial charge in [-0.3, -0.25) is 0 Å². The topological polar surface area (TPSA) is 317 Å². The van der Waals surface area contributed by atoms with Crippen LogP contribution < -0.4 is 4.74 Å². The summed E-state index contributed by atoms with van der Waals surface area (Å²) >= 11 is 0. The first-order chi connectivity index (χ1) is 25.0. The molecule has 19 heteroatoms. The van der Waals surface area contributed by atoms with Crippen LogP contribution in [0.25, 0.3) is 22.3 Å². The van der Waals surface area contributed by atoms with E-state index in [1.54, 1.807) is 0 Å². The van der Waals surface area contributed by atoms with Crippen LogP contribution in [0.15, 0.2) is 52.9 Å². The Morgan fingerprint density at radius 2 is 1.42 bits per heavy atom. The highest BCUT2D eigenvalue weighted by Gasteiger charge is 2.50. The molecule has 0 aliphatic carbocycles. The highest BCUT2D eigenvalue weighted by atomic mass is 16.7. The van der Waals surface area contributed by atoms with Gasteiger partial charge >= 0.3 is 17.3 Å². The average molecular weight is 748 g/mol. The van der Waals surface area contributed by atoms with E-state index < -0.39 is 114 Å². The van der Waals surface area contributed by atoms with Gasteiger partial charge in [-0.1, -0.05) is 0 Å². The van der Waals surface area contributed by atoms with Gasteiger partial charge in [-0.15, -0.1) is 0 Å². The Bertz CT molecular complexity index is 1980. The predicted octanol–water partition coefficient (Wildman–Crippen LogP) is 0.215. The first kappa shape index (κ1) is 37.4. The van der Waals surface area contributed by atoms with Crippen LogP contribution in [0.2, 0.25) is 0 Å². The Morgan fingerprint density at radius 3 is 2.09 bits per heavy atom. The molecule has 6 rings (SSSR count). The van der Waals surface area contributed by atoms with Crippen LogP contribution in [0.5, 0.6) is 46.0 Å². The van der Waals surface area contributed by atoms with Gasteiger partial charge in [-0.2, -0.15) is 0 Å². The first-order valence-electron chi connectivity index (χ1n) is 15.8. The number of hydrogen-bond acceptors (Lipinski definition) is 18. The molecule has 10 unspecified atom stereocenters. The molecule has 2 aliphatic rings. The molecule has 10 atom stereocenters. The molecule has 19 nitrogen and oxygen atoms in total. The number of benzene rings is 3. The van der Waals surface area contributed by atoms with Gasteiger partial charge in [0.2, 0.25) is 12.0 Å². The van der Waals surface area contributed by atoms with E-state index in [0.29, 0.717) is 0 Å². The Kier molecular flexibility index (Phi) is 10.3. The van der Waals surface area contributed by atoms with Crippen molar-refractivity contribution in [2.24, 2.45) is 0 Å². The lowest BCUT2D eigenvalue weighted by Gasteiger charge is -2.43. The van der Waals surface area contributed by atoms with Crippen molar-refractivity contribution in [2.75, 3.05) is 6.61 Å². The molecule has 0 spiro atoms. The molecule has 2 fully saturated rings. The van der Waals surface area contributed by atoms with Crippen molar-refractivity contribution in [3.05, 3.63) is 54.1 Å². The number of aliphatic hydroxyl groups is 5. The third-order valence-corrected chi connectivity index (χ3v) is 8.72. The lowest BCUT2D eigenvalue weighted by Crippen LogP contribution is -2.62. The average Bonchev–Trinajstić information content (AvgIpc) is 3.11. The minimum Gasteiger partial charge on any atom is -0.507 e. The van der Waals surface area contributed by atoms with Crippen LogP contribution in [0.3, 0.4) is 0 Å². The summed E-state index contributed by atoms with van der Waals surface area (Å²) in [4.78, 5) is 13.3. The van der Waals surface area contributed by atoms with Crippen LogP contribution in [-0.2, 0) is 18.9 Å². The fraction of sp³-hybridized carbons (Fsp3) is 0.353. The SMILES string of the molecule is CC1OC(OCC2OC(Oc3cc4c(O)cc(O)cc4[o+]c3-c3ccc(O)c(O)c3)C(OC(=O)c3cc(O)c(O)c(O)c3)C(O)C2O)C(O)C(O)C1O. The summed E-state index contributed by atoms with van der Waals surface area (Å²) in [6, 6.07) is 8.33. The van der Waals surface area contributed by atoms with Gasteiger partial charge in [0.1, 0.15) is 53.5 Å². The molecule has 0 saturated carbocycles. The smallest absolute Gasteiger partial charge is 0.402 e. The molecule has 1 aromatic heterocycles. The second kappa shape index (κ2) is 14.6. The zero-order valence-corrected chi connectivity index (χ0v) is 27.3. The van der Waals surface area contributed by atoms with Gasteiger partial charge in [0.05, 0.1) is 29.9 Å². The number of phenolic OH excluding ortho intramolecular Hbond substituents is 7. The van der Waals surface area contributed by atoms with Gasteiger partial charge in [-0.05, 0) is 31.2 Å². The highest BCUT2D eigenvalue weighted by Crippen LogP contribution is 2.43. The second-order valence-electron chi connectivity index (χ2n) is 12.4. The number of phenols is 7. The normalized spacial score (nSPS) is 28.8. The number of carbonyl (C=O) groups excluding carboxylic acids is 1. The van der Waals surface area contributed by atoms with Gasteiger partial charge in [-0.25, -0.2) is 9.21 Å². The molecular formula is C34H35O19+. The summed E-state index contributed by atoms with van der Waals surface area (Å²) in [7, 11) is 0. The minimum atomic E-state index is -2.06. The molecule has 2 saturated heterocycles. The number of hydrogen-bond donors (Lipinski definition) is 12. The van der Waals surface area contributed by atoms with E-state index in [1.165, 1.54) is 19.1 Å². The van der Waals surface area contributed by atoms with Crippen molar-refractivity contribution < 1.29 is 94.2 Å². The molecule has 53 heavy (non-hydrogen) atoms. The van der Waals surface area contributed by atoms with E-state index in [1.807, 2.05) is 0 Å². The van der Waals surface area contributed by atoms with Crippen molar-refractivity contribution in [1.82, 2.24) is 0 Å². The number of aliphatic hydroxyl groups excluding tert-OH is 5. The molecule has 3 aromatic carbocycles. The molecule has 3 heterocycles. The van der Waals surface area contributed by atoms with Crippen LogP contribution >= 0.6 is 0 Å². The molecule has 0 radical (unpaired) electrons. The maximum atomic E-state index is 13.3. The monoisotopic (exact) mass is 747 g/mol. The van der Waals surface area contributed by atoms with E-state index in [9.17, 15) is 66.1 Å². The molecular weight excluding hydrogens is 712 g/mol. The van der Waals surface area contributed by atoms with Crippen molar-refractivity contribution in [1.29, 1.82) is 0 Å². The van der Waals surface area contributed by atoms with Gasteiger partial charge in [0.25, 0.3) is 0 Å². The zero-order valence-electron chi connectivity index (χ0n) is 27.3. The minimum absolute atomic E-state index is 0.0392. The van der Waals surface area contributed by atoms with Gasteiger partial charge < -0.3 is 85.0 Å². The predicted molar refractivity (Wildman–Crippen MR) is 173 cm³/mol. The van der Waals surface area contributed by atoms with Crippen LogP contribution in [0, 0.1) is 0 Å². The lowest BCUT2D eigenvalue weighted by atomic mass is 9.98. The fourth-order valence-electron chi connectivity index (χ4n) is 5.78. The maximum absolute atomic E-state index is 13.3. The van der Waals surface area contributed by atoms with E-state index in [-0.39, 0.29) is 33.8 Å². The lowest BCUT2D eigenvalue weighted by molar-refractivity contribution is -0.318. The van der Waals surface area contributed by atoms with Crippen molar-refractivity contribution >= 4 is 16.9 Å². The third-order valence-electron chi connectivity index (χ3n) is 8.72. The molecule has 12 N–H and O–H groups in total. The maximum Gasteiger partial charge on any atom is 0.402 e. The van der Waals surface area contributed by atoms with Crippen LogP contribution in [0.1, 0.15) is 17.3 Å². The summed E-state index contributed by atoms with van der Waals surface area (Å²) < 4.78 is 34.4. The first-order valence-corrected chi connectivity index (χ1v) is 15.8. The van der Waals surface area contributed by atoms with Crippen molar-refractivity contribution in [3.8, 4) is 57.3 Å². The van der Waals surface area contributed by atoms with E-state index in [0.717, 1.165) is 36.4 Å². The summed E-state index contributed by atoms with van der Waals surface area (Å²) in [6.07, 6.45) is -16.8. The molecule has 284 valence electrons. The number of rotatable bonds is 8. The summed E-state index contributed by atoms with van der Waals surface area (Å²) in [5.74, 6) is -6.55. The summed E-state index contributed by atoms with van der Waals surface area (Å²) in [5.41, 5.74) is -0.558. The summed E-state index contributed by atoms with van der Waals surface area (Å²) in [6.45, 7) is 0.734. The number of ether oxygens (including phenoxy) is 5. The van der Waals surface area contributed by atoms with E-state index in [4.69, 9.17) is 28.1 Å². The quantitative estimate of drug-likeness (QED) is 0.0651. The zero-order chi connectivity index (χ0) is 38.5. The Labute approximate surface area is 297 Å². The van der Waals surface area contributed by atoms with E-state index in [2.05, 4.69) is 0 Å². The van der Waals surface area contributed by atoms with E-state index >= 15 is 0 Å². The highest BCUT2D eigenvalue weighted by molar-refractivity contribution is 5.91. The number of carbonyl (C=O) groups is 1. The molecule has 4 aromatic rings. The molecule has 0 bridgehead atoms. The van der Waals surface area contributed by atoms with Crippen LogP contribution in [-0.4, -0.2) is 135 Å². The Morgan fingerprint density at radius 1 is 0.717 bits per heavy atom. The number of fused-ring (bicyclic) bond motifs is 1. The standard InChI is InChI=1S/C34H34O19/c1-11-24(41)27(44)29(46)33(49-11)48-10-23-26(43)28(45)31(53-32(47)13-5-19(39)25(42)20(40)6-13)34(52-23)51-22-9-15-17(37)7-14(35)8-21(15)50-30(22)12-2-3-16(36)18(38)4-12/h2-9,11,23-24,26-29,31,33-34,41,43-46H,10H2,1H3,(H6-,35,36,37,38,39,40,42,47)/p+1. The van der Waals surface area contributed by atoms with Crippen LogP contribution in [0.4, 0.5) is 0 Å². The second-order valence-corrected chi connectivity index (χ2v) is 12.4. The summed E-state index contributed by atoms with van der Waals surface area (Å²) in [5, 5.41) is 123. The Balaban J connectivity index is 1.38. The van der Waals surface area contributed by atoms with Gasteiger partial charge in [0, 0.05) is 18.2 Å². The number of esters is 1. The molecule has 0 amide bonds. The third kappa shape index (κ3) is 7.32. The largest absolute Gasteiger partial charge is 0.507 e. The van der Waals surface area contributed by atoms with Crippen molar-refractivity contribution in [3.63, 3.8) is 0 Å². The number of aromatic hydroxyl groups is 7. The molecule has 2 aliphatic heterocycles. The van der Waals surface area contributed by atoms with Crippen molar-refractivity contribution in [2.45, 2.75) is 68.3 Å². The Hall–Kier alpha value is -5.38.